The quantitative estimate of drug-likeness (QED) is 0.939. The number of aromatic nitrogens is 1. The standard InChI is InChI=1S/C15H14BrNO2/c1-15(14(18)19,9-11-3-2-8-17-10-11)12-4-6-13(16)7-5-12/h2-8,10H,9H2,1H3,(H,18,19). The summed E-state index contributed by atoms with van der Waals surface area (Å²) in [4.78, 5) is 15.7. The van der Waals surface area contributed by atoms with Crippen molar-refractivity contribution >= 4 is 21.9 Å². The minimum Gasteiger partial charge on any atom is -0.481 e. The lowest BCUT2D eigenvalue weighted by Crippen LogP contribution is -2.34. The largest absolute Gasteiger partial charge is 0.481 e. The van der Waals surface area contributed by atoms with Gasteiger partial charge in [-0.15, -0.1) is 0 Å². The second-order valence-electron chi connectivity index (χ2n) is 4.68. The summed E-state index contributed by atoms with van der Waals surface area (Å²) in [5, 5.41) is 9.58. The lowest BCUT2D eigenvalue weighted by Gasteiger charge is -2.25. The van der Waals surface area contributed by atoms with E-state index in [0.29, 0.717) is 6.42 Å². The van der Waals surface area contributed by atoms with Crippen molar-refractivity contribution < 1.29 is 9.90 Å². The maximum absolute atomic E-state index is 11.7. The van der Waals surface area contributed by atoms with E-state index in [0.717, 1.165) is 15.6 Å². The zero-order valence-electron chi connectivity index (χ0n) is 10.5. The Morgan fingerprint density at radius 1 is 1.32 bits per heavy atom. The SMILES string of the molecule is CC(Cc1cccnc1)(C(=O)O)c1ccc(Br)cc1. The van der Waals surface area contributed by atoms with Crippen LogP contribution in [0, 0.1) is 0 Å². The highest BCUT2D eigenvalue weighted by atomic mass is 79.9. The monoisotopic (exact) mass is 319 g/mol. The van der Waals surface area contributed by atoms with Crippen molar-refractivity contribution in [3.05, 3.63) is 64.4 Å². The highest BCUT2D eigenvalue weighted by molar-refractivity contribution is 9.10. The molecule has 1 atom stereocenters. The van der Waals surface area contributed by atoms with Crippen molar-refractivity contribution in [2.75, 3.05) is 0 Å². The van der Waals surface area contributed by atoms with Gasteiger partial charge in [0.25, 0.3) is 0 Å². The molecule has 3 nitrogen and oxygen atoms in total. The van der Waals surface area contributed by atoms with Crippen molar-refractivity contribution in [3.63, 3.8) is 0 Å². The molecule has 0 aliphatic carbocycles. The number of hydrogen-bond acceptors (Lipinski definition) is 2. The lowest BCUT2D eigenvalue weighted by atomic mass is 9.77. The molecular formula is C15H14BrNO2. The van der Waals surface area contributed by atoms with Gasteiger partial charge in [0.15, 0.2) is 0 Å². The van der Waals surface area contributed by atoms with Crippen molar-refractivity contribution in [3.8, 4) is 0 Å². The molecule has 1 unspecified atom stereocenters. The Labute approximate surface area is 120 Å². The Morgan fingerprint density at radius 3 is 2.53 bits per heavy atom. The van der Waals surface area contributed by atoms with Gasteiger partial charge in [-0.2, -0.15) is 0 Å². The van der Waals surface area contributed by atoms with E-state index in [2.05, 4.69) is 20.9 Å². The highest BCUT2D eigenvalue weighted by Gasteiger charge is 2.35. The highest BCUT2D eigenvalue weighted by Crippen LogP contribution is 2.29. The number of carbonyl (C=O) groups is 1. The predicted molar refractivity (Wildman–Crippen MR) is 77.1 cm³/mol. The van der Waals surface area contributed by atoms with Gasteiger partial charge in [0.2, 0.25) is 0 Å². The zero-order valence-corrected chi connectivity index (χ0v) is 12.1. The Bertz CT molecular complexity index is 568. The van der Waals surface area contributed by atoms with Crippen LogP contribution in [-0.2, 0) is 16.6 Å². The molecule has 98 valence electrons. The fourth-order valence-electron chi connectivity index (χ4n) is 2.03. The summed E-state index contributed by atoms with van der Waals surface area (Å²) in [6.07, 6.45) is 3.80. The number of carboxylic acid groups (broad SMARTS) is 1. The maximum atomic E-state index is 11.7. The summed E-state index contributed by atoms with van der Waals surface area (Å²) in [5.41, 5.74) is 0.742. The van der Waals surface area contributed by atoms with Crippen molar-refractivity contribution in [1.29, 1.82) is 0 Å². The van der Waals surface area contributed by atoms with Crippen LogP contribution in [-0.4, -0.2) is 16.1 Å². The number of nitrogens with zero attached hydrogens (tertiary/aromatic N) is 1. The molecule has 0 radical (unpaired) electrons. The van der Waals surface area contributed by atoms with E-state index in [-0.39, 0.29) is 0 Å². The van der Waals surface area contributed by atoms with Crippen LogP contribution in [0.25, 0.3) is 0 Å². The predicted octanol–water partition coefficient (Wildman–Crippen LogP) is 3.43. The molecule has 1 aromatic heterocycles. The first-order valence-corrected chi connectivity index (χ1v) is 6.70. The second kappa shape index (κ2) is 5.53. The van der Waals surface area contributed by atoms with Gasteiger partial charge in [-0.1, -0.05) is 34.1 Å². The fraction of sp³-hybridized carbons (Fsp3) is 0.200. The summed E-state index contributed by atoms with van der Waals surface area (Å²) in [5.74, 6) is -0.835. The normalized spacial score (nSPS) is 13.8. The smallest absolute Gasteiger partial charge is 0.314 e. The molecule has 2 aromatic rings. The minimum absolute atomic E-state index is 0.414. The van der Waals surface area contributed by atoms with Gasteiger partial charge < -0.3 is 5.11 Å². The third-order valence-electron chi connectivity index (χ3n) is 3.23. The van der Waals surface area contributed by atoms with Crippen LogP contribution in [0.15, 0.2) is 53.3 Å². The summed E-state index contributed by atoms with van der Waals surface area (Å²) in [6, 6.07) is 11.1. The molecule has 0 spiro atoms. The molecule has 0 fully saturated rings. The van der Waals surface area contributed by atoms with Crippen LogP contribution >= 0.6 is 15.9 Å². The number of benzene rings is 1. The first-order chi connectivity index (χ1) is 9.02. The number of hydrogen-bond donors (Lipinski definition) is 1. The molecular weight excluding hydrogens is 306 g/mol. The van der Waals surface area contributed by atoms with E-state index in [4.69, 9.17) is 0 Å². The Balaban J connectivity index is 2.38. The zero-order chi connectivity index (χ0) is 13.9. The average molecular weight is 320 g/mol. The molecule has 0 saturated carbocycles. The van der Waals surface area contributed by atoms with Gasteiger partial charge in [0.1, 0.15) is 0 Å². The fourth-order valence-corrected chi connectivity index (χ4v) is 2.29. The molecule has 2 rings (SSSR count). The van der Waals surface area contributed by atoms with E-state index in [1.54, 1.807) is 19.3 Å². The van der Waals surface area contributed by atoms with Crippen LogP contribution in [0.2, 0.25) is 0 Å². The molecule has 1 heterocycles. The minimum atomic E-state index is -0.955. The molecule has 0 aliphatic rings. The topological polar surface area (TPSA) is 50.2 Å². The number of aliphatic carboxylic acids is 1. The summed E-state index contributed by atoms with van der Waals surface area (Å²) in [6.45, 7) is 1.74. The molecule has 0 amide bonds. The molecule has 0 saturated heterocycles. The molecule has 0 aliphatic heterocycles. The number of carboxylic acids is 1. The van der Waals surface area contributed by atoms with Gasteiger partial charge in [-0.25, -0.2) is 0 Å². The number of halogens is 1. The van der Waals surface area contributed by atoms with E-state index < -0.39 is 11.4 Å². The first-order valence-electron chi connectivity index (χ1n) is 5.91. The van der Waals surface area contributed by atoms with Crippen LogP contribution < -0.4 is 0 Å². The summed E-state index contributed by atoms with van der Waals surface area (Å²) in [7, 11) is 0. The van der Waals surface area contributed by atoms with E-state index in [9.17, 15) is 9.90 Å². The van der Waals surface area contributed by atoms with Gasteiger partial charge in [-0.3, -0.25) is 9.78 Å². The van der Waals surface area contributed by atoms with E-state index in [1.165, 1.54) is 0 Å². The third kappa shape index (κ3) is 3.01. The number of pyridine rings is 1. The summed E-state index contributed by atoms with van der Waals surface area (Å²) < 4.78 is 0.936. The van der Waals surface area contributed by atoms with Gasteiger partial charge >= 0.3 is 5.97 Å². The van der Waals surface area contributed by atoms with Crippen LogP contribution in [0.5, 0.6) is 0 Å². The maximum Gasteiger partial charge on any atom is 0.314 e. The summed E-state index contributed by atoms with van der Waals surface area (Å²) >= 11 is 3.36. The van der Waals surface area contributed by atoms with Crippen molar-refractivity contribution in [1.82, 2.24) is 4.98 Å². The number of rotatable bonds is 4. The van der Waals surface area contributed by atoms with Crippen LogP contribution in [0.3, 0.4) is 0 Å². The van der Waals surface area contributed by atoms with E-state index >= 15 is 0 Å². The van der Waals surface area contributed by atoms with Gasteiger partial charge in [0, 0.05) is 16.9 Å². The third-order valence-corrected chi connectivity index (χ3v) is 3.76. The van der Waals surface area contributed by atoms with Crippen LogP contribution in [0.4, 0.5) is 0 Å². The molecule has 1 N–H and O–H groups in total. The van der Waals surface area contributed by atoms with Gasteiger partial charge in [0.05, 0.1) is 5.41 Å². The van der Waals surface area contributed by atoms with Gasteiger partial charge in [-0.05, 0) is 42.7 Å². The van der Waals surface area contributed by atoms with E-state index in [1.807, 2.05) is 36.4 Å². The van der Waals surface area contributed by atoms with Crippen LogP contribution in [0.1, 0.15) is 18.1 Å². The Hall–Kier alpha value is -1.68. The van der Waals surface area contributed by atoms with Crippen molar-refractivity contribution in [2.24, 2.45) is 0 Å². The molecule has 0 bridgehead atoms. The molecule has 19 heavy (non-hydrogen) atoms. The second-order valence-corrected chi connectivity index (χ2v) is 5.60. The van der Waals surface area contributed by atoms with Crippen molar-refractivity contribution in [2.45, 2.75) is 18.8 Å². The lowest BCUT2D eigenvalue weighted by molar-refractivity contribution is -0.143. The molecule has 4 heteroatoms. The molecule has 1 aromatic carbocycles. The first kappa shape index (κ1) is 13.7. The average Bonchev–Trinajstić information content (AvgIpc) is 2.40. The Kier molecular flexibility index (Phi) is 4.00. The Morgan fingerprint density at radius 2 is 2.00 bits per heavy atom.